The number of thiophene rings is 1. The molecule has 1 unspecified atom stereocenters. The smallest absolute Gasteiger partial charge is 0.242 e. The molecule has 0 aliphatic rings. The number of hydrogen-bond acceptors (Lipinski definition) is 3. The zero-order valence-corrected chi connectivity index (χ0v) is 14.1. The van der Waals surface area contributed by atoms with Crippen LogP contribution in [0.4, 0.5) is 0 Å². The molecule has 0 spiro atoms. The molecule has 2 N–H and O–H groups in total. The van der Waals surface area contributed by atoms with Crippen molar-refractivity contribution in [3.63, 3.8) is 0 Å². The number of rotatable bonds is 8. The third kappa shape index (κ3) is 5.87. The van der Waals surface area contributed by atoms with Crippen LogP contribution >= 0.6 is 11.3 Å². The quantitative estimate of drug-likeness (QED) is 0.782. The molecule has 4 nitrogen and oxygen atoms in total. The topological polar surface area (TPSA) is 58.2 Å². The van der Waals surface area contributed by atoms with Crippen LogP contribution in [0, 0.1) is 0 Å². The molecular formula is C18H22N2O2S. The van der Waals surface area contributed by atoms with Crippen molar-refractivity contribution < 1.29 is 9.59 Å². The van der Waals surface area contributed by atoms with E-state index in [1.54, 1.807) is 11.3 Å². The van der Waals surface area contributed by atoms with E-state index in [-0.39, 0.29) is 11.8 Å². The highest BCUT2D eigenvalue weighted by atomic mass is 32.1. The number of hydrogen-bond donors (Lipinski definition) is 2. The molecule has 2 aromatic rings. The first-order valence-electron chi connectivity index (χ1n) is 7.82. The van der Waals surface area contributed by atoms with Crippen LogP contribution < -0.4 is 10.6 Å². The summed E-state index contributed by atoms with van der Waals surface area (Å²) in [6, 6.07) is 13.0. The number of carbonyl (C=O) groups excluding carboxylic acids is 2. The molecule has 0 saturated carbocycles. The number of carbonyl (C=O) groups is 2. The van der Waals surface area contributed by atoms with Crippen LogP contribution in [-0.4, -0.2) is 17.9 Å². The van der Waals surface area contributed by atoms with Gasteiger partial charge in [-0.1, -0.05) is 49.7 Å². The maximum atomic E-state index is 12.3. The molecule has 0 saturated heterocycles. The molecular weight excluding hydrogens is 308 g/mol. The van der Waals surface area contributed by atoms with Crippen LogP contribution in [0.5, 0.6) is 0 Å². The van der Waals surface area contributed by atoms with Crippen LogP contribution in [-0.2, 0) is 22.6 Å². The van der Waals surface area contributed by atoms with E-state index >= 15 is 0 Å². The predicted molar refractivity (Wildman–Crippen MR) is 93.2 cm³/mol. The second-order valence-electron chi connectivity index (χ2n) is 5.37. The van der Waals surface area contributed by atoms with Crippen molar-refractivity contribution in [3.05, 3.63) is 58.3 Å². The molecule has 0 fully saturated rings. The Morgan fingerprint density at radius 1 is 1.13 bits per heavy atom. The summed E-state index contributed by atoms with van der Waals surface area (Å²) in [6.07, 6.45) is 1.76. The minimum atomic E-state index is -0.476. The molecule has 23 heavy (non-hydrogen) atoms. The third-order valence-electron chi connectivity index (χ3n) is 3.45. The molecule has 0 bridgehead atoms. The lowest BCUT2D eigenvalue weighted by molar-refractivity contribution is -0.129. The van der Waals surface area contributed by atoms with E-state index in [1.165, 1.54) is 0 Å². The Balaban J connectivity index is 1.86. The predicted octanol–water partition coefficient (Wildman–Crippen LogP) is 2.89. The summed E-state index contributed by atoms with van der Waals surface area (Å²) >= 11 is 1.60. The molecule has 0 radical (unpaired) electrons. The largest absolute Gasteiger partial charge is 0.349 e. The Morgan fingerprint density at radius 2 is 1.91 bits per heavy atom. The van der Waals surface area contributed by atoms with E-state index in [1.807, 2.05) is 54.8 Å². The van der Waals surface area contributed by atoms with E-state index in [9.17, 15) is 9.59 Å². The minimum Gasteiger partial charge on any atom is -0.349 e. The molecule has 1 heterocycles. The summed E-state index contributed by atoms with van der Waals surface area (Å²) in [7, 11) is 0. The fourth-order valence-electron chi connectivity index (χ4n) is 2.29. The maximum absolute atomic E-state index is 12.3. The second kappa shape index (κ2) is 9.10. The zero-order valence-electron chi connectivity index (χ0n) is 13.2. The molecule has 1 aromatic carbocycles. The summed E-state index contributed by atoms with van der Waals surface area (Å²) in [6.45, 7) is 2.51. The lowest BCUT2D eigenvalue weighted by Gasteiger charge is -2.17. The van der Waals surface area contributed by atoms with Crippen LogP contribution in [0.25, 0.3) is 0 Å². The van der Waals surface area contributed by atoms with Crippen molar-refractivity contribution in [1.29, 1.82) is 0 Å². The van der Waals surface area contributed by atoms with Crippen molar-refractivity contribution in [2.75, 3.05) is 0 Å². The first-order chi connectivity index (χ1) is 11.2. The van der Waals surface area contributed by atoms with Gasteiger partial charge in [0.25, 0.3) is 0 Å². The monoisotopic (exact) mass is 330 g/mol. The first-order valence-corrected chi connectivity index (χ1v) is 8.70. The van der Waals surface area contributed by atoms with E-state index in [2.05, 4.69) is 10.6 Å². The average molecular weight is 330 g/mol. The number of amides is 2. The van der Waals surface area contributed by atoms with Gasteiger partial charge >= 0.3 is 0 Å². The van der Waals surface area contributed by atoms with Gasteiger partial charge in [0.15, 0.2) is 0 Å². The molecule has 1 atom stereocenters. The van der Waals surface area contributed by atoms with Crippen molar-refractivity contribution in [2.24, 2.45) is 0 Å². The standard InChI is InChI=1S/C18H22N2O2S/c1-2-7-16(18(22)19-13-15-10-6-11-23-15)20-17(21)12-14-8-4-3-5-9-14/h3-6,8-11,16H,2,7,12-13H2,1H3,(H,19,22)(H,20,21). The lowest BCUT2D eigenvalue weighted by atomic mass is 10.1. The molecule has 122 valence electrons. The summed E-state index contributed by atoms with van der Waals surface area (Å²) in [4.78, 5) is 25.5. The van der Waals surface area contributed by atoms with Crippen molar-refractivity contribution >= 4 is 23.2 Å². The summed E-state index contributed by atoms with van der Waals surface area (Å²) in [5.74, 6) is -0.248. The lowest BCUT2D eigenvalue weighted by Crippen LogP contribution is -2.46. The summed E-state index contributed by atoms with van der Waals surface area (Å²) in [5.41, 5.74) is 0.944. The van der Waals surface area contributed by atoms with Crippen LogP contribution in [0.15, 0.2) is 47.8 Å². The Hall–Kier alpha value is -2.14. The highest BCUT2D eigenvalue weighted by Gasteiger charge is 2.19. The van der Waals surface area contributed by atoms with E-state index in [0.29, 0.717) is 19.4 Å². The van der Waals surface area contributed by atoms with Crippen molar-refractivity contribution in [3.8, 4) is 0 Å². The fourth-order valence-corrected chi connectivity index (χ4v) is 2.94. The van der Waals surface area contributed by atoms with E-state index in [4.69, 9.17) is 0 Å². The molecule has 2 amide bonds. The fraction of sp³-hybridized carbons (Fsp3) is 0.333. The van der Waals surface area contributed by atoms with Gasteiger partial charge in [0.1, 0.15) is 6.04 Å². The van der Waals surface area contributed by atoms with E-state index in [0.717, 1.165) is 16.9 Å². The summed E-state index contributed by atoms with van der Waals surface area (Å²) < 4.78 is 0. The third-order valence-corrected chi connectivity index (χ3v) is 4.33. The first kappa shape index (κ1) is 17.2. The molecule has 0 aliphatic carbocycles. The van der Waals surface area contributed by atoms with Gasteiger partial charge in [0, 0.05) is 4.88 Å². The molecule has 1 aromatic heterocycles. The van der Waals surface area contributed by atoms with E-state index < -0.39 is 6.04 Å². The second-order valence-corrected chi connectivity index (χ2v) is 6.40. The van der Waals surface area contributed by atoms with Crippen molar-refractivity contribution in [2.45, 2.75) is 38.8 Å². The Kier molecular flexibility index (Phi) is 6.81. The Labute approximate surface area is 140 Å². The van der Waals surface area contributed by atoms with Gasteiger partial charge in [-0.25, -0.2) is 0 Å². The van der Waals surface area contributed by atoms with Crippen LogP contribution in [0.1, 0.15) is 30.2 Å². The van der Waals surface area contributed by atoms with Gasteiger partial charge < -0.3 is 10.6 Å². The van der Waals surface area contributed by atoms with Gasteiger partial charge in [0.05, 0.1) is 13.0 Å². The highest BCUT2D eigenvalue weighted by molar-refractivity contribution is 7.09. The normalized spacial score (nSPS) is 11.7. The van der Waals surface area contributed by atoms with Crippen LogP contribution in [0.3, 0.4) is 0 Å². The maximum Gasteiger partial charge on any atom is 0.242 e. The average Bonchev–Trinajstić information content (AvgIpc) is 3.06. The highest BCUT2D eigenvalue weighted by Crippen LogP contribution is 2.08. The van der Waals surface area contributed by atoms with Gasteiger partial charge in [-0.3, -0.25) is 9.59 Å². The van der Waals surface area contributed by atoms with Crippen molar-refractivity contribution in [1.82, 2.24) is 10.6 Å². The Bertz CT molecular complexity index is 611. The zero-order chi connectivity index (χ0) is 16.5. The molecule has 5 heteroatoms. The SMILES string of the molecule is CCCC(NC(=O)Cc1ccccc1)C(=O)NCc1cccs1. The van der Waals surface area contributed by atoms with Gasteiger partial charge in [-0.2, -0.15) is 0 Å². The van der Waals surface area contributed by atoms with Gasteiger partial charge in [-0.15, -0.1) is 11.3 Å². The Morgan fingerprint density at radius 3 is 2.57 bits per heavy atom. The number of nitrogens with one attached hydrogen (secondary N) is 2. The summed E-state index contributed by atoms with van der Waals surface area (Å²) in [5, 5.41) is 7.72. The molecule has 0 aliphatic heterocycles. The van der Waals surface area contributed by atoms with Gasteiger partial charge in [-0.05, 0) is 23.4 Å². The number of benzene rings is 1. The van der Waals surface area contributed by atoms with Gasteiger partial charge in [0.2, 0.25) is 11.8 Å². The molecule has 2 rings (SSSR count). The minimum absolute atomic E-state index is 0.123. The van der Waals surface area contributed by atoms with Crippen LogP contribution in [0.2, 0.25) is 0 Å².